The van der Waals surface area contributed by atoms with E-state index in [1.165, 1.54) is 57.7 Å². The number of ether oxygens (including phenoxy) is 5. The van der Waals surface area contributed by atoms with Crippen molar-refractivity contribution < 1.29 is 53.7 Å². The largest absolute Gasteiger partial charge is 0.504 e. The molecule has 1 aliphatic rings. The van der Waals surface area contributed by atoms with Gasteiger partial charge in [-0.15, -0.1) is 0 Å². The van der Waals surface area contributed by atoms with Crippen molar-refractivity contribution in [3.8, 4) is 23.0 Å². The van der Waals surface area contributed by atoms with Gasteiger partial charge in [-0.05, 0) is 36.4 Å². The highest BCUT2D eigenvalue weighted by Gasteiger charge is 2.46. The van der Waals surface area contributed by atoms with Crippen LogP contribution in [-0.4, -0.2) is 91.6 Å². The van der Waals surface area contributed by atoms with Crippen molar-refractivity contribution in [2.75, 3.05) is 27.9 Å². The number of carbonyl (C=O) groups is 2. The molecule has 0 aliphatic carbocycles. The number of phenols is 1. The molecule has 3 rings (SSSR count). The molecule has 186 valence electrons. The van der Waals surface area contributed by atoms with E-state index in [0.717, 1.165) is 0 Å². The summed E-state index contributed by atoms with van der Waals surface area (Å²) in [7, 11) is 4.18. The van der Waals surface area contributed by atoms with Gasteiger partial charge in [0, 0.05) is 18.2 Å². The van der Waals surface area contributed by atoms with E-state index < -0.39 is 37.3 Å². The number of rotatable bonds is 8. The number of aliphatic hydroxyl groups is 3. The summed E-state index contributed by atoms with van der Waals surface area (Å²) >= 11 is 0. The molecule has 2 aromatic carbocycles. The predicted molar refractivity (Wildman–Crippen MR) is 118 cm³/mol. The van der Waals surface area contributed by atoms with E-state index in [-0.39, 0.29) is 17.2 Å². The summed E-state index contributed by atoms with van der Waals surface area (Å²) in [5.41, 5.74) is 0.881. The molecular weight excluding hydrogens is 452 g/mol. The van der Waals surface area contributed by atoms with Gasteiger partial charge < -0.3 is 44.1 Å². The standard InChI is InChI=1S/C15H20O8.C8H8O3/c1-20-10-5-8(6-16)3-4-9(10)22-15-13(19)12(18)14(21-2)11(7-17)23-15;1-11-8-4-6(5-9)2-3-7(8)10/h3-6,11-15,17-19H,7H2,1-2H3;2-5,10H,1H3/t11?,12-,13?,14-,15-;/m1./s1. The molecule has 2 aromatic rings. The second-order valence-corrected chi connectivity index (χ2v) is 7.10. The number of phenolic OH excluding ortho intramolecular Hbond substituents is 1. The fourth-order valence-electron chi connectivity index (χ4n) is 3.19. The van der Waals surface area contributed by atoms with Crippen molar-refractivity contribution in [3.05, 3.63) is 47.5 Å². The first-order chi connectivity index (χ1) is 16.3. The van der Waals surface area contributed by atoms with Crippen molar-refractivity contribution in [2.24, 2.45) is 0 Å². The SMILES string of the molecule is COc1cc(C=O)ccc1O.COc1cc(C=O)ccc1O[C@@H]1OC(CO)[C@@H](OC)[C@H](O)C1O. The van der Waals surface area contributed by atoms with Crippen LogP contribution in [-0.2, 0) is 9.47 Å². The van der Waals surface area contributed by atoms with Gasteiger partial charge in [-0.25, -0.2) is 0 Å². The molecule has 1 saturated heterocycles. The third-order valence-electron chi connectivity index (χ3n) is 5.00. The number of aromatic hydroxyl groups is 1. The van der Waals surface area contributed by atoms with E-state index >= 15 is 0 Å². The van der Waals surface area contributed by atoms with Crippen LogP contribution in [0.2, 0.25) is 0 Å². The average Bonchev–Trinajstić information content (AvgIpc) is 2.87. The third kappa shape index (κ3) is 6.43. The lowest BCUT2D eigenvalue weighted by molar-refractivity contribution is -0.282. The molecule has 0 aromatic heterocycles. The molecule has 11 heteroatoms. The van der Waals surface area contributed by atoms with Crippen molar-refractivity contribution >= 4 is 12.6 Å². The fraction of sp³-hybridized carbons (Fsp3) is 0.391. The van der Waals surface area contributed by atoms with Gasteiger partial charge in [0.15, 0.2) is 23.0 Å². The number of methoxy groups -OCH3 is 3. The molecule has 1 heterocycles. The van der Waals surface area contributed by atoms with Gasteiger partial charge >= 0.3 is 0 Å². The van der Waals surface area contributed by atoms with Crippen molar-refractivity contribution in [1.82, 2.24) is 0 Å². The van der Waals surface area contributed by atoms with Crippen LogP contribution in [0, 0.1) is 0 Å². The quantitative estimate of drug-likeness (QED) is 0.391. The highest BCUT2D eigenvalue weighted by atomic mass is 16.7. The van der Waals surface area contributed by atoms with Crippen LogP contribution in [0.25, 0.3) is 0 Å². The Morgan fingerprint density at radius 1 is 0.882 bits per heavy atom. The summed E-state index contributed by atoms with van der Waals surface area (Å²) in [6.45, 7) is -0.413. The molecular formula is C23H28O11. The maximum atomic E-state index is 10.8. The second kappa shape index (κ2) is 12.9. The number of benzene rings is 2. The topological polar surface area (TPSA) is 161 Å². The van der Waals surface area contributed by atoms with Crippen LogP contribution in [0.5, 0.6) is 23.0 Å². The molecule has 1 fully saturated rings. The Bertz CT molecular complexity index is 947. The number of carbonyl (C=O) groups excluding carboxylic acids is 2. The van der Waals surface area contributed by atoms with Crippen LogP contribution in [0.3, 0.4) is 0 Å². The summed E-state index contributed by atoms with van der Waals surface area (Å²) in [4.78, 5) is 21.0. The van der Waals surface area contributed by atoms with Gasteiger partial charge in [0.25, 0.3) is 0 Å². The Kier molecular flexibility index (Phi) is 10.2. The van der Waals surface area contributed by atoms with E-state index in [4.69, 9.17) is 28.8 Å². The lowest BCUT2D eigenvalue weighted by atomic mass is 9.99. The number of hydrogen-bond donors (Lipinski definition) is 4. The summed E-state index contributed by atoms with van der Waals surface area (Å²) in [6.07, 6.45) is -4.30. The van der Waals surface area contributed by atoms with Crippen LogP contribution < -0.4 is 14.2 Å². The summed E-state index contributed by atoms with van der Waals surface area (Å²) in [5, 5.41) is 38.6. The zero-order valence-corrected chi connectivity index (χ0v) is 18.9. The maximum Gasteiger partial charge on any atom is 0.229 e. The number of aldehydes is 2. The van der Waals surface area contributed by atoms with Crippen molar-refractivity contribution in [2.45, 2.75) is 30.7 Å². The minimum atomic E-state index is -1.39. The average molecular weight is 480 g/mol. The first-order valence-electron chi connectivity index (χ1n) is 10.1. The van der Waals surface area contributed by atoms with Crippen molar-refractivity contribution in [3.63, 3.8) is 0 Å². The number of aliphatic hydroxyl groups excluding tert-OH is 3. The van der Waals surface area contributed by atoms with Crippen molar-refractivity contribution in [1.29, 1.82) is 0 Å². The van der Waals surface area contributed by atoms with Gasteiger partial charge in [-0.2, -0.15) is 0 Å². The van der Waals surface area contributed by atoms with Gasteiger partial charge in [0.1, 0.15) is 37.0 Å². The summed E-state index contributed by atoms with van der Waals surface area (Å²) in [5.74, 6) is 0.851. The van der Waals surface area contributed by atoms with E-state index in [9.17, 15) is 24.9 Å². The Balaban J connectivity index is 0.000000310. The minimum Gasteiger partial charge on any atom is -0.504 e. The fourth-order valence-corrected chi connectivity index (χ4v) is 3.19. The Hall–Kier alpha value is -3.22. The maximum absolute atomic E-state index is 10.8. The van der Waals surface area contributed by atoms with Crippen LogP contribution in [0.4, 0.5) is 0 Å². The number of hydrogen-bond acceptors (Lipinski definition) is 11. The zero-order valence-electron chi connectivity index (χ0n) is 18.9. The van der Waals surface area contributed by atoms with Crippen LogP contribution >= 0.6 is 0 Å². The summed E-state index contributed by atoms with van der Waals surface area (Å²) < 4.78 is 25.9. The lowest BCUT2D eigenvalue weighted by Crippen LogP contribution is -2.60. The molecule has 1 aliphatic heterocycles. The van der Waals surface area contributed by atoms with Gasteiger partial charge in [0.2, 0.25) is 6.29 Å². The molecule has 5 atom stereocenters. The van der Waals surface area contributed by atoms with E-state index in [1.807, 2.05) is 0 Å². The molecule has 0 bridgehead atoms. The highest BCUT2D eigenvalue weighted by Crippen LogP contribution is 2.32. The first kappa shape index (κ1) is 27.0. The third-order valence-corrected chi connectivity index (χ3v) is 5.00. The zero-order chi connectivity index (χ0) is 25.3. The molecule has 4 N–H and O–H groups in total. The van der Waals surface area contributed by atoms with E-state index in [0.29, 0.717) is 29.4 Å². The smallest absolute Gasteiger partial charge is 0.229 e. The van der Waals surface area contributed by atoms with Gasteiger partial charge in [-0.1, -0.05) is 0 Å². The molecule has 0 spiro atoms. The Morgan fingerprint density at radius 3 is 2.00 bits per heavy atom. The van der Waals surface area contributed by atoms with Gasteiger partial charge in [0.05, 0.1) is 20.8 Å². The molecule has 34 heavy (non-hydrogen) atoms. The Morgan fingerprint density at radius 2 is 1.47 bits per heavy atom. The predicted octanol–water partition coefficient (Wildman–Crippen LogP) is 0.554. The highest BCUT2D eigenvalue weighted by molar-refractivity contribution is 5.76. The van der Waals surface area contributed by atoms with E-state index in [1.54, 1.807) is 0 Å². The summed E-state index contributed by atoms with van der Waals surface area (Å²) in [6, 6.07) is 8.88. The minimum absolute atomic E-state index is 0.0399. The molecule has 2 unspecified atom stereocenters. The molecule has 11 nitrogen and oxygen atoms in total. The molecule has 0 radical (unpaired) electrons. The van der Waals surface area contributed by atoms with Crippen LogP contribution in [0.1, 0.15) is 20.7 Å². The molecule has 0 amide bonds. The first-order valence-corrected chi connectivity index (χ1v) is 10.1. The Labute approximate surface area is 196 Å². The van der Waals surface area contributed by atoms with Crippen LogP contribution in [0.15, 0.2) is 36.4 Å². The van der Waals surface area contributed by atoms with Gasteiger partial charge in [-0.3, -0.25) is 9.59 Å². The monoisotopic (exact) mass is 480 g/mol. The van der Waals surface area contributed by atoms with E-state index in [2.05, 4.69) is 0 Å². The lowest BCUT2D eigenvalue weighted by Gasteiger charge is -2.41. The molecule has 0 saturated carbocycles. The second-order valence-electron chi connectivity index (χ2n) is 7.10. The normalized spacial score (nSPS) is 23.8.